The van der Waals surface area contributed by atoms with Crippen molar-refractivity contribution < 1.29 is 4.92 Å². The van der Waals surface area contributed by atoms with Crippen LogP contribution in [0, 0.1) is 10.1 Å². The van der Waals surface area contributed by atoms with E-state index < -0.39 is 4.92 Å². The zero-order valence-corrected chi connectivity index (χ0v) is 12.8. The third-order valence-corrected chi connectivity index (χ3v) is 3.39. The fourth-order valence-electron chi connectivity index (χ4n) is 2.15. The van der Waals surface area contributed by atoms with Crippen molar-refractivity contribution in [1.82, 2.24) is 15.0 Å². The maximum Gasteiger partial charge on any atom is 0.270 e. The van der Waals surface area contributed by atoms with Crippen molar-refractivity contribution >= 4 is 23.1 Å². The lowest BCUT2D eigenvalue weighted by atomic mass is 9.91. The van der Waals surface area contributed by atoms with Gasteiger partial charge in [-0.25, -0.2) is 4.68 Å². The van der Waals surface area contributed by atoms with Gasteiger partial charge in [0.25, 0.3) is 5.69 Å². The quantitative estimate of drug-likeness (QED) is 0.694. The fourth-order valence-corrected chi connectivity index (χ4v) is 2.38. The minimum absolute atomic E-state index is 0.0436. The van der Waals surface area contributed by atoms with Crippen molar-refractivity contribution in [2.45, 2.75) is 32.7 Å². The van der Waals surface area contributed by atoms with Crippen LogP contribution in [-0.2, 0) is 12.0 Å². The molecular weight excluding hydrogens is 294 g/mol. The van der Waals surface area contributed by atoms with Crippen molar-refractivity contribution in [3.8, 4) is 0 Å². The molecule has 0 fully saturated rings. The number of nitrogens with zero attached hydrogens (tertiary/aromatic N) is 4. The number of nitro groups is 1. The van der Waals surface area contributed by atoms with Crippen molar-refractivity contribution in [2.75, 3.05) is 5.73 Å². The highest BCUT2D eigenvalue weighted by Crippen LogP contribution is 2.28. The number of nitro benzene ring substituents is 1. The molecule has 0 spiro atoms. The molecule has 8 heteroatoms. The molecule has 1 heterocycles. The Morgan fingerprint density at radius 1 is 1.43 bits per heavy atom. The number of anilines is 1. The van der Waals surface area contributed by atoms with Gasteiger partial charge in [0.15, 0.2) is 5.82 Å². The van der Waals surface area contributed by atoms with Gasteiger partial charge in [0.2, 0.25) is 0 Å². The van der Waals surface area contributed by atoms with E-state index in [1.807, 2.05) is 20.8 Å². The van der Waals surface area contributed by atoms with Crippen LogP contribution in [0.4, 0.5) is 11.5 Å². The summed E-state index contributed by atoms with van der Waals surface area (Å²) in [6.45, 7) is 6.38. The summed E-state index contributed by atoms with van der Waals surface area (Å²) < 4.78 is 1.67. The van der Waals surface area contributed by atoms with Crippen LogP contribution in [0.1, 0.15) is 32.0 Å². The van der Waals surface area contributed by atoms with E-state index in [0.29, 0.717) is 17.4 Å². The maximum absolute atomic E-state index is 10.7. The molecule has 1 aromatic heterocycles. The number of halogens is 1. The molecule has 0 unspecified atom stereocenters. The van der Waals surface area contributed by atoms with Crippen LogP contribution in [0.3, 0.4) is 0 Å². The molecule has 0 amide bonds. The predicted molar refractivity (Wildman–Crippen MR) is 80.3 cm³/mol. The number of benzene rings is 1. The molecule has 2 rings (SSSR count). The normalized spacial score (nSPS) is 11.6. The number of hydrogen-bond donors (Lipinski definition) is 1. The highest BCUT2D eigenvalue weighted by Gasteiger charge is 2.24. The second kappa shape index (κ2) is 5.33. The molecule has 0 aliphatic carbocycles. The molecule has 0 bridgehead atoms. The van der Waals surface area contributed by atoms with Gasteiger partial charge in [0.05, 0.1) is 22.2 Å². The maximum atomic E-state index is 10.7. The molecular formula is C13H16ClN5O2. The zero-order chi connectivity index (χ0) is 15.8. The van der Waals surface area contributed by atoms with Gasteiger partial charge in [-0.05, 0) is 11.6 Å². The Labute approximate surface area is 126 Å². The summed E-state index contributed by atoms with van der Waals surface area (Å²) in [6, 6.07) is 4.36. The fraction of sp³-hybridized carbons (Fsp3) is 0.385. The first-order valence-electron chi connectivity index (χ1n) is 6.32. The number of aromatic nitrogens is 3. The summed E-state index contributed by atoms with van der Waals surface area (Å²) in [5.74, 6) is 0.375. The van der Waals surface area contributed by atoms with Gasteiger partial charge in [0, 0.05) is 17.5 Å². The summed E-state index contributed by atoms with van der Waals surface area (Å²) in [5, 5.41) is 19.0. The van der Waals surface area contributed by atoms with E-state index in [1.165, 1.54) is 12.1 Å². The van der Waals surface area contributed by atoms with E-state index in [1.54, 1.807) is 10.7 Å². The first kappa shape index (κ1) is 15.2. The Hall–Kier alpha value is -2.15. The van der Waals surface area contributed by atoms with Gasteiger partial charge < -0.3 is 5.73 Å². The number of nitrogens with two attached hydrogens (primary N) is 1. The van der Waals surface area contributed by atoms with Gasteiger partial charge >= 0.3 is 0 Å². The van der Waals surface area contributed by atoms with E-state index in [0.717, 1.165) is 11.3 Å². The van der Waals surface area contributed by atoms with Crippen molar-refractivity contribution in [3.63, 3.8) is 0 Å². The Bertz CT molecular complexity index is 690. The molecule has 0 radical (unpaired) electrons. The lowest BCUT2D eigenvalue weighted by Crippen LogP contribution is -2.20. The molecule has 1 aromatic carbocycles. The second-order valence-corrected chi connectivity index (χ2v) is 6.17. The van der Waals surface area contributed by atoms with Crippen molar-refractivity contribution in [1.29, 1.82) is 0 Å². The molecule has 7 nitrogen and oxygen atoms in total. The van der Waals surface area contributed by atoms with E-state index in [-0.39, 0.29) is 11.1 Å². The zero-order valence-electron chi connectivity index (χ0n) is 12.0. The second-order valence-electron chi connectivity index (χ2n) is 5.76. The lowest BCUT2D eigenvalue weighted by molar-refractivity contribution is -0.384. The minimum atomic E-state index is -0.482. The van der Waals surface area contributed by atoms with Crippen molar-refractivity contribution in [3.05, 3.63) is 44.6 Å². The molecule has 0 saturated heterocycles. The van der Waals surface area contributed by atoms with Gasteiger partial charge in [-0.15, -0.1) is 5.10 Å². The van der Waals surface area contributed by atoms with Crippen LogP contribution in [0.5, 0.6) is 0 Å². The molecule has 112 valence electrons. The van der Waals surface area contributed by atoms with Crippen molar-refractivity contribution in [2.24, 2.45) is 0 Å². The Kier molecular flexibility index (Phi) is 3.87. The van der Waals surface area contributed by atoms with Crippen LogP contribution in [-0.4, -0.2) is 19.9 Å². The molecule has 2 aromatic rings. The number of non-ortho nitro benzene ring substituents is 1. The standard InChI is InChI=1S/C13H16ClN5O2/c1-13(2,3)11-12(15)16-17-18(11)7-8-4-5-9(19(20)21)6-10(8)14/h4-6H,7,15H2,1-3H3. The summed E-state index contributed by atoms with van der Waals surface area (Å²) in [7, 11) is 0. The monoisotopic (exact) mass is 309 g/mol. The topological polar surface area (TPSA) is 99.9 Å². The third-order valence-electron chi connectivity index (χ3n) is 3.04. The summed E-state index contributed by atoms with van der Waals surface area (Å²) >= 11 is 6.10. The number of hydrogen-bond acceptors (Lipinski definition) is 5. The number of nitrogen functional groups attached to an aromatic ring is 1. The molecule has 0 aliphatic heterocycles. The largest absolute Gasteiger partial charge is 0.381 e. The lowest BCUT2D eigenvalue weighted by Gasteiger charge is -2.20. The summed E-state index contributed by atoms with van der Waals surface area (Å²) in [5.41, 5.74) is 7.12. The first-order valence-corrected chi connectivity index (χ1v) is 6.70. The highest BCUT2D eigenvalue weighted by molar-refractivity contribution is 6.31. The Balaban J connectivity index is 2.38. The summed E-state index contributed by atoms with van der Waals surface area (Å²) in [6.07, 6.45) is 0. The smallest absolute Gasteiger partial charge is 0.270 e. The van der Waals surface area contributed by atoms with Gasteiger partial charge in [0.1, 0.15) is 0 Å². The van der Waals surface area contributed by atoms with E-state index in [9.17, 15) is 10.1 Å². The van der Waals surface area contributed by atoms with E-state index in [2.05, 4.69) is 10.3 Å². The van der Waals surface area contributed by atoms with Crippen LogP contribution < -0.4 is 5.73 Å². The Morgan fingerprint density at radius 2 is 2.10 bits per heavy atom. The van der Waals surface area contributed by atoms with Crippen LogP contribution >= 0.6 is 11.6 Å². The van der Waals surface area contributed by atoms with Gasteiger partial charge in [-0.3, -0.25) is 10.1 Å². The molecule has 0 aliphatic rings. The molecule has 0 atom stereocenters. The molecule has 21 heavy (non-hydrogen) atoms. The number of rotatable bonds is 3. The van der Waals surface area contributed by atoms with E-state index >= 15 is 0 Å². The van der Waals surface area contributed by atoms with Crippen LogP contribution in [0.2, 0.25) is 5.02 Å². The van der Waals surface area contributed by atoms with E-state index in [4.69, 9.17) is 17.3 Å². The first-order chi connectivity index (χ1) is 9.70. The average Bonchev–Trinajstić information content (AvgIpc) is 2.72. The molecule has 0 saturated carbocycles. The van der Waals surface area contributed by atoms with Crippen LogP contribution in [0.25, 0.3) is 0 Å². The van der Waals surface area contributed by atoms with Gasteiger partial charge in [-0.1, -0.05) is 37.6 Å². The van der Waals surface area contributed by atoms with Gasteiger partial charge in [-0.2, -0.15) is 0 Å². The average molecular weight is 310 g/mol. The summed E-state index contributed by atoms with van der Waals surface area (Å²) in [4.78, 5) is 10.2. The predicted octanol–water partition coefficient (Wildman–Crippen LogP) is 2.77. The third kappa shape index (κ3) is 3.13. The highest BCUT2D eigenvalue weighted by atomic mass is 35.5. The SMILES string of the molecule is CC(C)(C)c1c(N)nnn1Cc1ccc([N+](=O)[O-])cc1Cl. The Morgan fingerprint density at radius 3 is 2.62 bits per heavy atom. The minimum Gasteiger partial charge on any atom is -0.381 e. The molecule has 2 N–H and O–H groups in total. The van der Waals surface area contributed by atoms with Crippen LogP contribution in [0.15, 0.2) is 18.2 Å².